The lowest BCUT2D eigenvalue weighted by atomic mass is 10.0. The molecule has 0 amide bonds. The van der Waals surface area contributed by atoms with Gasteiger partial charge in [0.15, 0.2) is 5.65 Å². The zero-order chi connectivity index (χ0) is 17.9. The molecule has 1 atom stereocenters. The van der Waals surface area contributed by atoms with Gasteiger partial charge in [-0.1, -0.05) is 18.2 Å². The van der Waals surface area contributed by atoms with Crippen molar-refractivity contribution in [1.29, 1.82) is 0 Å². The molecule has 1 fully saturated rings. The van der Waals surface area contributed by atoms with Gasteiger partial charge in [-0.15, -0.1) is 0 Å². The molecular weight excluding hydrogens is 335 g/mol. The summed E-state index contributed by atoms with van der Waals surface area (Å²) in [4.78, 5) is 10.6. The number of H-pyrrole nitrogens is 1. The van der Waals surface area contributed by atoms with Gasteiger partial charge in [-0.05, 0) is 18.9 Å². The minimum atomic E-state index is -0.812. The number of hydrogen-bond acceptors (Lipinski definition) is 6. The molecule has 0 radical (unpaired) electrons. The topological polar surface area (TPSA) is 90.0 Å². The summed E-state index contributed by atoms with van der Waals surface area (Å²) in [6, 6.07) is 6.69. The lowest BCUT2D eigenvalue weighted by Gasteiger charge is -2.33. The van der Waals surface area contributed by atoms with Gasteiger partial charge in [0, 0.05) is 31.2 Å². The van der Waals surface area contributed by atoms with Crippen molar-refractivity contribution >= 4 is 16.9 Å². The second kappa shape index (κ2) is 7.35. The van der Waals surface area contributed by atoms with Crippen LogP contribution in [0.5, 0.6) is 0 Å². The minimum Gasteiger partial charge on any atom is -0.387 e. The number of halogens is 1. The number of aliphatic hydroxyl groups is 1. The molecule has 3 N–H and O–H groups in total. The SMILES string of the molecule is O[C@@H](CN1CCC(Nc2ncnc3[nH]ncc23)CC1)c1ccccc1F. The third-order valence-electron chi connectivity index (χ3n) is 4.87. The Balaban J connectivity index is 1.33. The van der Waals surface area contributed by atoms with Crippen LogP contribution >= 0.6 is 0 Å². The standard InChI is InChI=1S/C18H21FN6O/c19-15-4-2-1-3-13(15)16(26)10-25-7-5-12(6-8-25)23-17-14-9-22-24-18(14)21-11-20-17/h1-4,9,11-12,16,26H,5-8,10H2,(H2,20,21,22,23,24)/t16-/m0/s1. The molecule has 7 nitrogen and oxygen atoms in total. The molecule has 1 aliphatic heterocycles. The number of aromatic nitrogens is 4. The van der Waals surface area contributed by atoms with E-state index in [1.54, 1.807) is 24.4 Å². The van der Waals surface area contributed by atoms with E-state index in [-0.39, 0.29) is 5.82 Å². The van der Waals surface area contributed by atoms with Crippen molar-refractivity contribution in [3.8, 4) is 0 Å². The summed E-state index contributed by atoms with van der Waals surface area (Å²) < 4.78 is 13.8. The summed E-state index contributed by atoms with van der Waals surface area (Å²) in [5.74, 6) is 0.429. The molecule has 3 aromatic rings. The largest absolute Gasteiger partial charge is 0.387 e. The lowest BCUT2D eigenvalue weighted by molar-refractivity contribution is 0.0965. The maximum atomic E-state index is 13.8. The summed E-state index contributed by atoms with van der Waals surface area (Å²) >= 11 is 0. The maximum Gasteiger partial charge on any atom is 0.160 e. The first-order valence-electron chi connectivity index (χ1n) is 8.76. The molecule has 8 heteroatoms. The van der Waals surface area contributed by atoms with Crippen molar-refractivity contribution < 1.29 is 9.50 Å². The summed E-state index contributed by atoms with van der Waals surface area (Å²) in [6.07, 6.45) is 4.27. The molecule has 1 aliphatic rings. The molecule has 136 valence electrons. The van der Waals surface area contributed by atoms with E-state index in [2.05, 4.69) is 30.4 Å². The Kier molecular flexibility index (Phi) is 4.77. The number of fused-ring (bicyclic) bond motifs is 1. The van der Waals surface area contributed by atoms with Crippen LogP contribution in [-0.4, -0.2) is 55.8 Å². The van der Waals surface area contributed by atoms with Gasteiger partial charge in [-0.2, -0.15) is 5.10 Å². The molecule has 4 rings (SSSR count). The summed E-state index contributed by atoms with van der Waals surface area (Å²) in [6.45, 7) is 2.11. The van der Waals surface area contributed by atoms with E-state index in [1.165, 1.54) is 12.4 Å². The number of hydrogen-bond donors (Lipinski definition) is 3. The molecule has 1 saturated heterocycles. The van der Waals surface area contributed by atoms with Crippen LogP contribution in [-0.2, 0) is 0 Å². The Hall–Kier alpha value is -2.58. The quantitative estimate of drug-likeness (QED) is 0.649. The first kappa shape index (κ1) is 16.9. The van der Waals surface area contributed by atoms with E-state index >= 15 is 0 Å². The Morgan fingerprint density at radius 2 is 2.08 bits per heavy atom. The molecule has 3 heterocycles. The molecular formula is C18H21FN6O. The van der Waals surface area contributed by atoms with Gasteiger partial charge in [0.1, 0.15) is 18.0 Å². The summed E-state index contributed by atoms with van der Waals surface area (Å²) in [5, 5.41) is 21.5. The van der Waals surface area contributed by atoms with Crippen molar-refractivity contribution in [3.63, 3.8) is 0 Å². The van der Waals surface area contributed by atoms with E-state index in [9.17, 15) is 9.50 Å². The van der Waals surface area contributed by atoms with E-state index in [0.717, 1.165) is 37.1 Å². The van der Waals surface area contributed by atoms with Crippen LogP contribution in [0.15, 0.2) is 36.8 Å². The Bertz CT molecular complexity index is 877. The number of rotatable bonds is 5. The average molecular weight is 356 g/mol. The number of β-amino-alcohol motifs (C(OH)–C–C–N with tert-alkyl or cyclic N) is 1. The number of likely N-dealkylation sites (tertiary alicyclic amines) is 1. The maximum absolute atomic E-state index is 13.8. The molecule has 0 aliphatic carbocycles. The zero-order valence-corrected chi connectivity index (χ0v) is 14.3. The first-order chi connectivity index (χ1) is 12.7. The fourth-order valence-electron chi connectivity index (χ4n) is 3.42. The van der Waals surface area contributed by atoms with E-state index < -0.39 is 6.10 Å². The second-order valence-electron chi connectivity index (χ2n) is 6.61. The zero-order valence-electron chi connectivity index (χ0n) is 14.3. The number of nitrogens with zero attached hydrogens (tertiary/aromatic N) is 4. The second-order valence-corrected chi connectivity index (χ2v) is 6.61. The molecule has 2 aromatic heterocycles. The number of benzene rings is 1. The van der Waals surface area contributed by atoms with Crippen LogP contribution in [0.25, 0.3) is 11.0 Å². The van der Waals surface area contributed by atoms with E-state index in [4.69, 9.17) is 0 Å². The average Bonchev–Trinajstić information content (AvgIpc) is 3.13. The summed E-state index contributed by atoms with van der Waals surface area (Å²) in [7, 11) is 0. The Labute approximate surface area is 150 Å². The van der Waals surface area contributed by atoms with Crippen molar-refractivity contribution in [2.45, 2.75) is 25.0 Å². The molecule has 0 unspecified atom stereocenters. The highest BCUT2D eigenvalue weighted by Gasteiger charge is 2.23. The number of aromatic amines is 1. The molecule has 0 saturated carbocycles. The highest BCUT2D eigenvalue weighted by molar-refractivity contribution is 5.85. The number of anilines is 1. The summed E-state index contributed by atoms with van der Waals surface area (Å²) in [5.41, 5.74) is 1.07. The highest BCUT2D eigenvalue weighted by atomic mass is 19.1. The van der Waals surface area contributed by atoms with Crippen LogP contribution in [0.1, 0.15) is 24.5 Å². The fraction of sp³-hybridized carbons (Fsp3) is 0.389. The molecule has 0 bridgehead atoms. The molecule has 26 heavy (non-hydrogen) atoms. The van der Waals surface area contributed by atoms with Crippen molar-refractivity contribution in [2.75, 3.05) is 25.0 Å². The predicted octanol–water partition coefficient (Wildman–Crippen LogP) is 2.10. The van der Waals surface area contributed by atoms with Crippen LogP contribution in [0, 0.1) is 5.82 Å². The molecule has 1 aromatic carbocycles. The monoisotopic (exact) mass is 356 g/mol. The van der Waals surface area contributed by atoms with Gasteiger partial charge in [-0.3, -0.25) is 5.10 Å². The lowest BCUT2D eigenvalue weighted by Crippen LogP contribution is -2.41. The van der Waals surface area contributed by atoms with Gasteiger partial charge in [0.05, 0.1) is 17.7 Å². The van der Waals surface area contributed by atoms with Crippen molar-refractivity contribution in [3.05, 3.63) is 48.2 Å². The smallest absolute Gasteiger partial charge is 0.160 e. The van der Waals surface area contributed by atoms with Crippen molar-refractivity contribution in [2.24, 2.45) is 0 Å². The normalized spacial score (nSPS) is 17.5. The van der Waals surface area contributed by atoms with Gasteiger partial charge in [0.2, 0.25) is 0 Å². The third kappa shape index (κ3) is 3.51. The van der Waals surface area contributed by atoms with Gasteiger partial charge in [0.25, 0.3) is 0 Å². The van der Waals surface area contributed by atoms with Gasteiger partial charge >= 0.3 is 0 Å². The van der Waals surface area contributed by atoms with Crippen LogP contribution in [0.2, 0.25) is 0 Å². The predicted molar refractivity (Wildman–Crippen MR) is 96.1 cm³/mol. The molecule has 0 spiro atoms. The Morgan fingerprint density at radius 3 is 2.88 bits per heavy atom. The highest BCUT2D eigenvalue weighted by Crippen LogP contribution is 2.23. The van der Waals surface area contributed by atoms with E-state index in [1.807, 2.05) is 0 Å². The van der Waals surface area contributed by atoms with Crippen LogP contribution in [0.3, 0.4) is 0 Å². The van der Waals surface area contributed by atoms with Crippen LogP contribution in [0.4, 0.5) is 10.2 Å². The first-order valence-corrected chi connectivity index (χ1v) is 8.76. The number of piperidine rings is 1. The minimum absolute atomic E-state index is 0.296. The van der Waals surface area contributed by atoms with Crippen molar-refractivity contribution in [1.82, 2.24) is 25.1 Å². The van der Waals surface area contributed by atoms with Gasteiger partial charge < -0.3 is 15.3 Å². The Morgan fingerprint density at radius 1 is 1.27 bits per heavy atom. The third-order valence-corrected chi connectivity index (χ3v) is 4.87. The number of aliphatic hydroxyl groups excluding tert-OH is 1. The van der Waals surface area contributed by atoms with E-state index in [0.29, 0.717) is 23.8 Å². The number of nitrogens with one attached hydrogen (secondary N) is 2. The van der Waals surface area contributed by atoms with Gasteiger partial charge in [-0.25, -0.2) is 14.4 Å². The van der Waals surface area contributed by atoms with Crippen LogP contribution < -0.4 is 5.32 Å². The fourth-order valence-corrected chi connectivity index (χ4v) is 3.42.